The van der Waals surface area contributed by atoms with Gasteiger partial charge in [0, 0.05) is 19.3 Å². The van der Waals surface area contributed by atoms with Crippen LogP contribution in [0.25, 0.3) is 0 Å². The van der Waals surface area contributed by atoms with Crippen molar-refractivity contribution in [3.8, 4) is 0 Å². The monoisotopic (exact) mass is 231 g/mol. The Morgan fingerprint density at radius 2 is 1.88 bits per heavy atom. The first-order valence-corrected chi connectivity index (χ1v) is 5.42. The lowest BCUT2D eigenvalue weighted by Gasteiger charge is -2.09. The number of hydrogen-bond donors (Lipinski definition) is 2. The van der Waals surface area contributed by atoms with Crippen LogP contribution in [0.15, 0.2) is 42.6 Å². The molecule has 1 aromatic heterocycles. The van der Waals surface area contributed by atoms with Crippen molar-refractivity contribution < 1.29 is 4.39 Å². The van der Waals surface area contributed by atoms with Crippen LogP contribution in [0, 0.1) is 5.82 Å². The van der Waals surface area contributed by atoms with Gasteiger partial charge in [-0.2, -0.15) is 0 Å². The van der Waals surface area contributed by atoms with E-state index in [2.05, 4.69) is 10.3 Å². The van der Waals surface area contributed by atoms with Crippen molar-refractivity contribution in [2.24, 2.45) is 5.73 Å². The number of aromatic nitrogens is 1. The Morgan fingerprint density at radius 3 is 2.59 bits per heavy atom. The highest BCUT2D eigenvalue weighted by Gasteiger charge is 2.03. The highest BCUT2D eigenvalue weighted by molar-refractivity contribution is 5.38. The van der Waals surface area contributed by atoms with E-state index >= 15 is 0 Å². The summed E-state index contributed by atoms with van der Waals surface area (Å²) in [6.07, 6.45) is 1.56. The van der Waals surface area contributed by atoms with Crippen LogP contribution >= 0.6 is 0 Å². The number of nitrogens with two attached hydrogens (primary N) is 1. The number of rotatable bonds is 4. The second-order valence-corrected chi connectivity index (χ2v) is 3.66. The summed E-state index contributed by atoms with van der Waals surface area (Å²) < 4.78 is 13.3. The number of pyridine rings is 1. The molecular weight excluding hydrogens is 217 g/mol. The second kappa shape index (κ2) is 5.41. The summed E-state index contributed by atoms with van der Waals surface area (Å²) in [5.74, 6) is -0.0861. The van der Waals surface area contributed by atoms with Gasteiger partial charge in [0.05, 0.1) is 0 Å². The Balaban J connectivity index is 2.10. The fourth-order valence-electron chi connectivity index (χ4n) is 1.62. The molecule has 0 aliphatic heterocycles. The maximum Gasteiger partial charge on any atom is 0.165 e. The quantitative estimate of drug-likeness (QED) is 0.848. The van der Waals surface area contributed by atoms with Gasteiger partial charge in [-0.15, -0.1) is 0 Å². The van der Waals surface area contributed by atoms with Crippen LogP contribution in [0.2, 0.25) is 0 Å². The van der Waals surface area contributed by atoms with Gasteiger partial charge in [-0.25, -0.2) is 9.37 Å². The zero-order valence-corrected chi connectivity index (χ0v) is 9.36. The topological polar surface area (TPSA) is 50.9 Å². The molecule has 0 bridgehead atoms. The number of nitrogens with one attached hydrogen (secondary N) is 1. The van der Waals surface area contributed by atoms with E-state index in [1.54, 1.807) is 12.3 Å². The molecule has 2 rings (SSSR count). The average Bonchev–Trinajstić information content (AvgIpc) is 2.38. The molecule has 0 saturated carbocycles. The van der Waals surface area contributed by atoms with E-state index in [4.69, 9.17) is 5.73 Å². The summed E-state index contributed by atoms with van der Waals surface area (Å²) in [7, 11) is 0. The van der Waals surface area contributed by atoms with E-state index in [0.29, 0.717) is 13.1 Å². The average molecular weight is 231 g/mol. The molecule has 4 heteroatoms. The highest BCUT2D eigenvalue weighted by atomic mass is 19.1. The molecule has 0 aliphatic carbocycles. The van der Waals surface area contributed by atoms with Crippen LogP contribution in [-0.2, 0) is 13.1 Å². The molecule has 0 aliphatic rings. The normalized spacial score (nSPS) is 10.2. The zero-order chi connectivity index (χ0) is 12.1. The molecule has 0 radical (unpaired) electrons. The predicted octanol–water partition coefficient (Wildman–Crippen LogP) is 2.29. The van der Waals surface area contributed by atoms with Gasteiger partial charge in [-0.1, -0.05) is 24.3 Å². The molecule has 88 valence electrons. The minimum Gasteiger partial charge on any atom is -0.364 e. The summed E-state index contributed by atoms with van der Waals surface area (Å²) in [6.45, 7) is 0.990. The Bertz CT molecular complexity index is 500. The van der Waals surface area contributed by atoms with E-state index in [-0.39, 0.29) is 11.6 Å². The number of anilines is 1. The van der Waals surface area contributed by atoms with Gasteiger partial charge in [0.2, 0.25) is 0 Å². The summed E-state index contributed by atoms with van der Waals surface area (Å²) >= 11 is 0. The SMILES string of the molecule is NCc1ccccc1CNc1ncccc1F. The van der Waals surface area contributed by atoms with Crippen molar-refractivity contribution in [3.63, 3.8) is 0 Å². The number of nitrogens with zero attached hydrogens (tertiary/aromatic N) is 1. The molecular formula is C13H14FN3. The largest absolute Gasteiger partial charge is 0.364 e. The van der Waals surface area contributed by atoms with E-state index in [0.717, 1.165) is 11.1 Å². The molecule has 0 unspecified atom stereocenters. The smallest absolute Gasteiger partial charge is 0.165 e. The van der Waals surface area contributed by atoms with Gasteiger partial charge in [0.15, 0.2) is 11.6 Å². The lowest BCUT2D eigenvalue weighted by molar-refractivity contribution is 0.624. The van der Waals surface area contributed by atoms with Crippen molar-refractivity contribution in [3.05, 3.63) is 59.5 Å². The first kappa shape index (κ1) is 11.5. The van der Waals surface area contributed by atoms with Crippen molar-refractivity contribution >= 4 is 5.82 Å². The Hall–Kier alpha value is -1.94. The van der Waals surface area contributed by atoms with Crippen LogP contribution in [0.3, 0.4) is 0 Å². The van der Waals surface area contributed by atoms with E-state index in [1.807, 2.05) is 24.3 Å². The van der Waals surface area contributed by atoms with E-state index in [1.165, 1.54) is 6.07 Å². The summed E-state index contributed by atoms with van der Waals surface area (Å²) in [5.41, 5.74) is 7.74. The third-order valence-corrected chi connectivity index (χ3v) is 2.54. The Kier molecular flexibility index (Phi) is 3.67. The van der Waals surface area contributed by atoms with Gasteiger partial charge < -0.3 is 11.1 Å². The van der Waals surface area contributed by atoms with Crippen LogP contribution in [0.4, 0.5) is 10.2 Å². The summed E-state index contributed by atoms with van der Waals surface area (Å²) in [5, 5.41) is 2.96. The van der Waals surface area contributed by atoms with Crippen molar-refractivity contribution in [1.29, 1.82) is 0 Å². The summed E-state index contributed by atoms with van der Waals surface area (Å²) in [4.78, 5) is 3.93. The Morgan fingerprint density at radius 1 is 1.12 bits per heavy atom. The predicted molar refractivity (Wildman–Crippen MR) is 65.9 cm³/mol. The molecule has 1 heterocycles. The molecule has 0 atom stereocenters. The maximum atomic E-state index is 13.3. The van der Waals surface area contributed by atoms with Gasteiger partial charge >= 0.3 is 0 Å². The molecule has 2 aromatic rings. The van der Waals surface area contributed by atoms with E-state index in [9.17, 15) is 4.39 Å². The molecule has 0 saturated heterocycles. The standard InChI is InChI=1S/C13H14FN3/c14-12-6-3-7-16-13(12)17-9-11-5-2-1-4-10(11)8-15/h1-7H,8-9,15H2,(H,16,17). The molecule has 17 heavy (non-hydrogen) atoms. The van der Waals surface area contributed by atoms with Gasteiger partial charge in [-0.05, 0) is 23.3 Å². The minimum absolute atomic E-state index is 0.263. The lowest BCUT2D eigenvalue weighted by Crippen LogP contribution is -2.07. The number of benzene rings is 1. The van der Waals surface area contributed by atoms with Gasteiger partial charge in [0.1, 0.15) is 0 Å². The molecule has 1 aromatic carbocycles. The zero-order valence-electron chi connectivity index (χ0n) is 9.36. The molecule has 0 amide bonds. The number of halogens is 1. The van der Waals surface area contributed by atoms with Crippen LogP contribution in [0.5, 0.6) is 0 Å². The van der Waals surface area contributed by atoms with Crippen molar-refractivity contribution in [2.75, 3.05) is 5.32 Å². The first-order valence-electron chi connectivity index (χ1n) is 5.42. The van der Waals surface area contributed by atoms with Crippen molar-refractivity contribution in [1.82, 2.24) is 4.98 Å². The first-order chi connectivity index (χ1) is 8.31. The molecule has 3 nitrogen and oxygen atoms in total. The van der Waals surface area contributed by atoms with Gasteiger partial charge in [0.25, 0.3) is 0 Å². The highest BCUT2D eigenvalue weighted by Crippen LogP contribution is 2.13. The third-order valence-electron chi connectivity index (χ3n) is 2.54. The fraction of sp³-hybridized carbons (Fsp3) is 0.154. The molecule has 0 spiro atoms. The van der Waals surface area contributed by atoms with Crippen LogP contribution in [0.1, 0.15) is 11.1 Å². The van der Waals surface area contributed by atoms with E-state index < -0.39 is 0 Å². The minimum atomic E-state index is -0.349. The van der Waals surface area contributed by atoms with Gasteiger partial charge in [-0.3, -0.25) is 0 Å². The van der Waals surface area contributed by atoms with Crippen molar-refractivity contribution in [2.45, 2.75) is 13.1 Å². The molecule has 3 N–H and O–H groups in total. The maximum absolute atomic E-state index is 13.3. The van der Waals surface area contributed by atoms with Crippen LogP contribution < -0.4 is 11.1 Å². The summed E-state index contributed by atoms with van der Waals surface area (Å²) in [6, 6.07) is 10.7. The second-order valence-electron chi connectivity index (χ2n) is 3.66. The van der Waals surface area contributed by atoms with Crippen LogP contribution in [-0.4, -0.2) is 4.98 Å². The Labute approximate surface area is 99.5 Å². The number of hydrogen-bond acceptors (Lipinski definition) is 3. The fourth-order valence-corrected chi connectivity index (χ4v) is 1.62. The molecule has 0 fully saturated rings. The lowest BCUT2D eigenvalue weighted by atomic mass is 10.1. The third kappa shape index (κ3) is 2.79.